The first kappa shape index (κ1) is 18.1. The molecule has 0 bridgehead atoms. The summed E-state index contributed by atoms with van der Waals surface area (Å²) in [4.78, 5) is 4.51. The van der Waals surface area contributed by atoms with E-state index in [9.17, 15) is 0 Å². The SMILES string of the molecule is CC.CC(C)N1CCCn2nc(C3=NNC(C)N3C)c(Cl)c2C1. The number of hydrogen-bond donors (Lipinski definition) is 1. The quantitative estimate of drug-likeness (QED) is 0.899. The number of amidine groups is 1. The van der Waals surface area contributed by atoms with E-state index >= 15 is 0 Å². The van der Waals surface area contributed by atoms with E-state index in [1.165, 1.54) is 0 Å². The molecule has 0 aromatic carbocycles. The van der Waals surface area contributed by atoms with E-state index in [2.05, 4.69) is 45.8 Å². The highest BCUT2D eigenvalue weighted by Crippen LogP contribution is 2.27. The lowest BCUT2D eigenvalue weighted by Crippen LogP contribution is -2.34. The zero-order chi connectivity index (χ0) is 17.1. The summed E-state index contributed by atoms with van der Waals surface area (Å²) in [5.41, 5.74) is 4.95. The molecule has 1 unspecified atom stereocenters. The van der Waals surface area contributed by atoms with Crippen molar-refractivity contribution in [1.29, 1.82) is 0 Å². The first-order valence-corrected chi connectivity index (χ1v) is 8.92. The molecule has 130 valence electrons. The van der Waals surface area contributed by atoms with Gasteiger partial charge >= 0.3 is 0 Å². The number of aromatic nitrogens is 2. The highest BCUT2D eigenvalue weighted by Gasteiger charge is 2.30. The number of hydrogen-bond acceptors (Lipinski definition) is 5. The van der Waals surface area contributed by atoms with E-state index in [0.717, 1.165) is 48.3 Å². The summed E-state index contributed by atoms with van der Waals surface area (Å²) < 4.78 is 2.05. The summed E-state index contributed by atoms with van der Waals surface area (Å²) in [5, 5.41) is 9.82. The van der Waals surface area contributed by atoms with Crippen molar-refractivity contribution in [2.24, 2.45) is 5.10 Å². The fourth-order valence-corrected chi connectivity index (χ4v) is 3.09. The van der Waals surface area contributed by atoms with Crippen LogP contribution in [-0.2, 0) is 13.1 Å². The first-order valence-electron chi connectivity index (χ1n) is 8.54. The minimum atomic E-state index is 0.171. The van der Waals surface area contributed by atoms with Gasteiger partial charge in [0, 0.05) is 32.7 Å². The van der Waals surface area contributed by atoms with Gasteiger partial charge in [0.15, 0.2) is 5.84 Å². The second-order valence-electron chi connectivity index (χ2n) is 6.10. The minimum absolute atomic E-state index is 0.171. The number of fused-ring (bicyclic) bond motifs is 1. The molecule has 1 atom stereocenters. The van der Waals surface area contributed by atoms with Gasteiger partial charge < -0.3 is 4.90 Å². The van der Waals surface area contributed by atoms with Crippen LogP contribution in [0.5, 0.6) is 0 Å². The fraction of sp³-hybridized carbons (Fsp3) is 0.750. The summed E-state index contributed by atoms with van der Waals surface area (Å²) in [7, 11) is 2.00. The van der Waals surface area contributed by atoms with Crippen molar-refractivity contribution in [1.82, 2.24) is 25.0 Å². The van der Waals surface area contributed by atoms with Gasteiger partial charge in [-0.15, -0.1) is 0 Å². The third-order valence-corrected chi connectivity index (χ3v) is 4.77. The van der Waals surface area contributed by atoms with Gasteiger partial charge in [0.1, 0.15) is 11.9 Å². The molecule has 3 heterocycles. The molecular formula is C16H29ClN6. The van der Waals surface area contributed by atoms with Gasteiger partial charge in [0.05, 0.1) is 10.7 Å². The second-order valence-corrected chi connectivity index (χ2v) is 6.48. The van der Waals surface area contributed by atoms with E-state index in [-0.39, 0.29) is 6.17 Å². The zero-order valence-corrected chi connectivity index (χ0v) is 15.9. The third kappa shape index (κ3) is 3.48. The summed E-state index contributed by atoms with van der Waals surface area (Å²) in [6.07, 6.45) is 1.27. The average Bonchev–Trinajstić information content (AvgIpc) is 2.93. The summed E-state index contributed by atoms with van der Waals surface area (Å²) >= 11 is 6.63. The number of hydrazone groups is 1. The molecule has 0 amide bonds. The van der Waals surface area contributed by atoms with Gasteiger partial charge in [0.25, 0.3) is 0 Å². The number of nitrogens with zero attached hydrogens (tertiary/aromatic N) is 5. The molecule has 0 aliphatic carbocycles. The fourth-order valence-electron chi connectivity index (χ4n) is 2.81. The Morgan fingerprint density at radius 3 is 2.52 bits per heavy atom. The van der Waals surface area contributed by atoms with Crippen LogP contribution < -0.4 is 5.43 Å². The summed E-state index contributed by atoms with van der Waals surface area (Å²) in [6.45, 7) is 13.4. The Morgan fingerprint density at radius 1 is 1.26 bits per heavy atom. The standard InChI is InChI=1S/C14H23ClN6.C2H6/c1-9(2)20-6-5-7-21-11(8-20)12(15)13(18-21)14-17-16-10(3)19(14)4;1-2/h9-10,16H,5-8H2,1-4H3;1-2H3. The molecule has 2 aliphatic heterocycles. The predicted molar refractivity (Wildman–Crippen MR) is 95.6 cm³/mol. The number of rotatable bonds is 2. The molecule has 3 rings (SSSR count). The maximum Gasteiger partial charge on any atom is 0.179 e. The van der Waals surface area contributed by atoms with Crippen molar-refractivity contribution < 1.29 is 0 Å². The Bertz CT molecular complexity index is 565. The number of nitrogens with one attached hydrogen (secondary N) is 1. The van der Waals surface area contributed by atoms with Gasteiger partial charge in [-0.3, -0.25) is 15.0 Å². The molecule has 23 heavy (non-hydrogen) atoms. The van der Waals surface area contributed by atoms with Crippen LogP contribution in [0.1, 0.15) is 52.4 Å². The van der Waals surface area contributed by atoms with Crippen molar-refractivity contribution in [2.45, 2.75) is 66.3 Å². The van der Waals surface area contributed by atoms with Crippen LogP contribution in [0.3, 0.4) is 0 Å². The largest absolute Gasteiger partial charge is 0.335 e. The van der Waals surface area contributed by atoms with Gasteiger partial charge in [-0.05, 0) is 27.2 Å². The second kappa shape index (κ2) is 7.53. The van der Waals surface area contributed by atoms with Crippen LogP contribution in [0, 0.1) is 0 Å². The molecule has 6 nitrogen and oxygen atoms in total. The Kier molecular flexibility index (Phi) is 5.92. The molecule has 1 aromatic heterocycles. The molecule has 0 spiro atoms. The molecule has 2 aliphatic rings. The molecular weight excluding hydrogens is 312 g/mol. The highest BCUT2D eigenvalue weighted by atomic mass is 35.5. The van der Waals surface area contributed by atoms with Crippen molar-refractivity contribution in [3.8, 4) is 0 Å². The lowest BCUT2D eigenvalue weighted by atomic mass is 10.2. The van der Waals surface area contributed by atoms with E-state index < -0.39 is 0 Å². The molecule has 0 saturated carbocycles. The Morgan fingerprint density at radius 2 is 1.96 bits per heavy atom. The van der Waals surface area contributed by atoms with Crippen LogP contribution in [-0.4, -0.2) is 51.2 Å². The van der Waals surface area contributed by atoms with Crippen molar-refractivity contribution >= 4 is 17.4 Å². The molecule has 1 N–H and O–H groups in total. The maximum atomic E-state index is 6.63. The highest BCUT2D eigenvalue weighted by molar-refractivity contribution is 6.34. The van der Waals surface area contributed by atoms with E-state index in [4.69, 9.17) is 16.7 Å². The van der Waals surface area contributed by atoms with Gasteiger partial charge in [-0.2, -0.15) is 10.2 Å². The normalized spacial score (nSPS) is 21.3. The van der Waals surface area contributed by atoms with Crippen molar-refractivity contribution in [3.63, 3.8) is 0 Å². The topological polar surface area (TPSA) is 48.7 Å². The van der Waals surface area contributed by atoms with E-state index in [1.54, 1.807) is 0 Å². The maximum absolute atomic E-state index is 6.63. The van der Waals surface area contributed by atoms with Gasteiger partial charge in [0.2, 0.25) is 0 Å². The predicted octanol–water partition coefficient (Wildman–Crippen LogP) is 2.72. The first-order chi connectivity index (χ1) is 11.0. The molecule has 0 saturated heterocycles. The number of aryl methyl sites for hydroxylation is 1. The molecule has 0 radical (unpaired) electrons. The van der Waals surface area contributed by atoms with Crippen LogP contribution in [0.15, 0.2) is 5.10 Å². The Labute approximate surface area is 144 Å². The van der Waals surface area contributed by atoms with Crippen molar-refractivity contribution in [2.75, 3.05) is 13.6 Å². The Hall–Kier alpha value is -1.27. The third-order valence-electron chi connectivity index (χ3n) is 4.38. The van der Waals surface area contributed by atoms with Crippen LogP contribution in [0.4, 0.5) is 0 Å². The van der Waals surface area contributed by atoms with Crippen LogP contribution >= 0.6 is 11.6 Å². The lowest BCUT2D eigenvalue weighted by molar-refractivity contribution is 0.216. The average molecular weight is 341 g/mol. The van der Waals surface area contributed by atoms with Gasteiger partial charge in [-0.1, -0.05) is 25.4 Å². The Balaban J connectivity index is 0.000000924. The summed E-state index contributed by atoms with van der Waals surface area (Å²) in [5.74, 6) is 0.823. The smallest absolute Gasteiger partial charge is 0.179 e. The lowest BCUT2D eigenvalue weighted by Gasteiger charge is -2.24. The van der Waals surface area contributed by atoms with Crippen molar-refractivity contribution in [3.05, 3.63) is 16.4 Å². The van der Waals surface area contributed by atoms with Crippen LogP contribution in [0.25, 0.3) is 0 Å². The molecule has 7 heteroatoms. The van der Waals surface area contributed by atoms with E-state index in [0.29, 0.717) is 6.04 Å². The molecule has 1 aromatic rings. The zero-order valence-electron chi connectivity index (χ0n) is 15.1. The summed E-state index contributed by atoms with van der Waals surface area (Å²) in [6, 6.07) is 0.513. The van der Waals surface area contributed by atoms with E-state index in [1.807, 2.05) is 20.9 Å². The monoisotopic (exact) mass is 340 g/mol. The number of halogens is 1. The van der Waals surface area contributed by atoms with Crippen LogP contribution in [0.2, 0.25) is 5.02 Å². The van der Waals surface area contributed by atoms with Gasteiger partial charge in [-0.25, -0.2) is 0 Å². The minimum Gasteiger partial charge on any atom is -0.335 e. The molecule has 0 fully saturated rings.